The number of nitrogens with one attached hydrogen (secondary N) is 2. The number of H-pyrrole nitrogens is 1. The van der Waals surface area contributed by atoms with E-state index in [0.29, 0.717) is 0 Å². The number of aliphatic hydroxyl groups excluding tert-OH is 1. The summed E-state index contributed by atoms with van der Waals surface area (Å²) in [6.07, 6.45) is 1.74. The second-order valence-corrected chi connectivity index (χ2v) is 8.38. The van der Waals surface area contributed by atoms with Crippen LogP contribution in [0.4, 0.5) is 0 Å². The van der Waals surface area contributed by atoms with Gasteiger partial charge in [0.15, 0.2) is 5.03 Å². The van der Waals surface area contributed by atoms with Gasteiger partial charge in [-0.15, -0.1) is 0 Å². The molecule has 2 heterocycles. The summed E-state index contributed by atoms with van der Waals surface area (Å²) < 4.78 is 49.1. The minimum Gasteiger partial charge on any atom is -0.392 e. The number of sulfone groups is 1. The number of aromatic nitrogens is 2. The average molecular weight is 309 g/mol. The summed E-state index contributed by atoms with van der Waals surface area (Å²) in [7, 11) is -6.85. The topological polar surface area (TPSA) is 129 Å². The molecule has 1 saturated heterocycles. The molecule has 0 radical (unpaired) electrons. The number of hydrogen-bond donors (Lipinski definition) is 3. The first-order valence-corrected chi connectivity index (χ1v) is 9.00. The van der Waals surface area contributed by atoms with E-state index < -0.39 is 32.5 Å². The normalized spacial score (nSPS) is 20.5. The highest BCUT2D eigenvalue weighted by atomic mass is 32.2. The molecule has 0 aliphatic carbocycles. The van der Waals surface area contributed by atoms with E-state index in [1.54, 1.807) is 0 Å². The summed E-state index contributed by atoms with van der Waals surface area (Å²) in [5.74, 6) is -0.0357. The van der Waals surface area contributed by atoms with E-state index in [-0.39, 0.29) is 34.9 Å². The van der Waals surface area contributed by atoms with E-state index in [2.05, 4.69) is 14.9 Å². The molecule has 19 heavy (non-hydrogen) atoms. The Morgan fingerprint density at radius 2 is 2.05 bits per heavy atom. The molecule has 1 aliphatic rings. The lowest BCUT2D eigenvalue weighted by atomic mass is 10.2. The van der Waals surface area contributed by atoms with E-state index in [0.717, 1.165) is 0 Å². The third-order valence-electron chi connectivity index (χ3n) is 2.99. The molecule has 8 nitrogen and oxygen atoms in total. The summed E-state index contributed by atoms with van der Waals surface area (Å²) >= 11 is 0. The molecule has 0 amide bonds. The second-order valence-electron chi connectivity index (χ2n) is 4.43. The molecule has 10 heteroatoms. The van der Waals surface area contributed by atoms with Gasteiger partial charge < -0.3 is 5.11 Å². The van der Waals surface area contributed by atoms with Crippen LogP contribution in [0.2, 0.25) is 0 Å². The summed E-state index contributed by atoms with van der Waals surface area (Å²) in [6, 6.07) is -0.414. The molecule has 3 N–H and O–H groups in total. The Morgan fingerprint density at radius 3 is 2.63 bits per heavy atom. The molecular weight excluding hydrogens is 294 g/mol. The molecule has 0 atom stereocenters. The largest absolute Gasteiger partial charge is 0.392 e. The molecule has 0 aromatic carbocycles. The number of aromatic amines is 1. The summed E-state index contributed by atoms with van der Waals surface area (Å²) in [4.78, 5) is 0. The molecule has 1 aromatic rings. The van der Waals surface area contributed by atoms with Gasteiger partial charge in [-0.2, -0.15) is 5.10 Å². The molecule has 1 fully saturated rings. The maximum atomic E-state index is 12.1. The zero-order chi connectivity index (χ0) is 14.1. The van der Waals surface area contributed by atoms with Gasteiger partial charge >= 0.3 is 0 Å². The van der Waals surface area contributed by atoms with Crippen LogP contribution in [0.25, 0.3) is 0 Å². The summed E-state index contributed by atoms with van der Waals surface area (Å²) in [6.45, 7) is -0.439. The number of aliphatic hydroxyl groups is 1. The zero-order valence-electron chi connectivity index (χ0n) is 10.0. The smallest absolute Gasteiger partial charge is 0.258 e. The lowest BCUT2D eigenvalue weighted by molar-refractivity contribution is 0.278. The first kappa shape index (κ1) is 14.4. The van der Waals surface area contributed by atoms with Crippen LogP contribution in [0.15, 0.2) is 11.2 Å². The van der Waals surface area contributed by atoms with Crippen molar-refractivity contribution in [3.63, 3.8) is 0 Å². The molecule has 1 aliphatic heterocycles. The van der Waals surface area contributed by atoms with Crippen molar-refractivity contribution in [3.8, 4) is 0 Å². The van der Waals surface area contributed by atoms with Gasteiger partial charge in [0.2, 0.25) is 0 Å². The fourth-order valence-electron chi connectivity index (χ4n) is 1.93. The highest BCUT2D eigenvalue weighted by molar-refractivity contribution is 7.91. The van der Waals surface area contributed by atoms with Crippen molar-refractivity contribution < 1.29 is 21.9 Å². The fourth-order valence-corrected chi connectivity index (χ4v) is 4.85. The van der Waals surface area contributed by atoms with Gasteiger partial charge in [0.05, 0.1) is 24.3 Å². The SMILES string of the molecule is O=S1(=O)CCC(NS(=O)(=O)c2[nH]ncc2CO)CC1. The number of sulfonamides is 1. The molecule has 0 unspecified atom stereocenters. The van der Waals surface area contributed by atoms with Gasteiger partial charge in [-0.05, 0) is 12.8 Å². The zero-order valence-corrected chi connectivity index (χ0v) is 11.7. The molecule has 2 rings (SSSR count). The lowest BCUT2D eigenvalue weighted by Crippen LogP contribution is -2.41. The predicted molar refractivity (Wildman–Crippen MR) is 66.5 cm³/mol. The van der Waals surface area contributed by atoms with E-state index in [1.165, 1.54) is 6.20 Å². The minimum absolute atomic E-state index is 0.0178. The van der Waals surface area contributed by atoms with Crippen molar-refractivity contribution >= 4 is 19.9 Å². The van der Waals surface area contributed by atoms with Gasteiger partial charge in [0, 0.05) is 11.6 Å². The Bertz CT molecular complexity index is 635. The van der Waals surface area contributed by atoms with E-state index in [1.807, 2.05) is 0 Å². The Hall–Kier alpha value is -0.970. The summed E-state index contributed by atoms with van der Waals surface area (Å²) in [5.41, 5.74) is 0.177. The number of rotatable bonds is 4. The Balaban J connectivity index is 2.11. The Morgan fingerprint density at radius 1 is 1.42 bits per heavy atom. The minimum atomic E-state index is -3.82. The van der Waals surface area contributed by atoms with Crippen molar-refractivity contribution in [1.82, 2.24) is 14.9 Å². The molecule has 0 bridgehead atoms. The van der Waals surface area contributed by atoms with Crippen LogP contribution in [0.1, 0.15) is 18.4 Å². The van der Waals surface area contributed by atoms with Gasteiger partial charge in [-0.1, -0.05) is 0 Å². The van der Waals surface area contributed by atoms with Crippen molar-refractivity contribution in [2.45, 2.75) is 30.5 Å². The highest BCUT2D eigenvalue weighted by Gasteiger charge is 2.29. The maximum Gasteiger partial charge on any atom is 0.258 e. The first-order valence-electron chi connectivity index (χ1n) is 5.70. The van der Waals surface area contributed by atoms with Crippen LogP contribution in [-0.2, 0) is 26.5 Å². The Labute approximate surface area is 111 Å². The Kier molecular flexibility index (Phi) is 3.95. The summed E-state index contributed by atoms with van der Waals surface area (Å²) in [5, 5.41) is 14.7. The van der Waals surface area contributed by atoms with Crippen LogP contribution in [-0.4, -0.2) is 49.7 Å². The fraction of sp³-hybridized carbons (Fsp3) is 0.667. The van der Waals surface area contributed by atoms with E-state index in [4.69, 9.17) is 5.11 Å². The van der Waals surface area contributed by atoms with Gasteiger partial charge in [0.1, 0.15) is 9.84 Å². The third kappa shape index (κ3) is 3.32. The number of hydrogen-bond acceptors (Lipinski definition) is 6. The quantitative estimate of drug-likeness (QED) is 0.638. The van der Waals surface area contributed by atoms with E-state index in [9.17, 15) is 16.8 Å². The van der Waals surface area contributed by atoms with Crippen LogP contribution in [0.3, 0.4) is 0 Å². The maximum absolute atomic E-state index is 12.1. The molecule has 0 saturated carbocycles. The van der Waals surface area contributed by atoms with Crippen LogP contribution in [0.5, 0.6) is 0 Å². The molecule has 108 valence electrons. The standard InChI is InChI=1S/C9H15N3O5S2/c13-6-7-5-10-11-9(7)19(16,17)12-8-1-3-18(14,15)4-2-8/h5,8,12-13H,1-4,6H2,(H,10,11). The molecule has 1 aromatic heterocycles. The van der Waals surface area contributed by atoms with Crippen molar-refractivity contribution in [3.05, 3.63) is 11.8 Å². The molecular formula is C9H15N3O5S2. The van der Waals surface area contributed by atoms with Crippen molar-refractivity contribution in [1.29, 1.82) is 0 Å². The average Bonchev–Trinajstić information content (AvgIpc) is 2.81. The van der Waals surface area contributed by atoms with E-state index >= 15 is 0 Å². The van der Waals surface area contributed by atoms with Crippen molar-refractivity contribution in [2.24, 2.45) is 0 Å². The van der Waals surface area contributed by atoms with Crippen LogP contribution < -0.4 is 4.72 Å². The van der Waals surface area contributed by atoms with Crippen LogP contribution >= 0.6 is 0 Å². The highest BCUT2D eigenvalue weighted by Crippen LogP contribution is 2.17. The van der Waals surface area contributed by atoms with Crippen LogP contribution in [0, 0.1) is 0 Å². The monoisotopic (exact) mass is 309 g/mol. The van der Waals surface area contributed by atoms with Gasteiger partial charge in [-0.3, -0.25) is 5.10 Å². The lowest BCUT2D eigenvalue weighted by Gasteiger charge is -2.22. The third-order valence-corrected chi connectivity index (χ3v) is 6.24. The van der Waals surface area contributed by atoms with Crippen molar-refractivity contribution in [2.75, 3.05) is 11.5 Å². The predicted octanol–water partition coefficient (Wildman–Crippen LogP) is -1.24. The molecule has 0 spiro atoms. The van der Waals surface area contributed by atoms with Gasteiger partial charge in [0.25, 0.3) is 10.0 Å². The van der Waals surface area contributed by atoms with Gasteiger partial charge in [-0.25, -0.2) is 21.6 Å². The number of nitrogens with zero attached hydrogens (tertiary/aromatic N) is 1. The second kappa shape index (κ2) is 5.19. The first-order chi connectivity index (χ1) is 8.84.